The maximum Gasteiger partial charge on any atom is 0.190 e. The smallest absolute Gasteiger partial charge is 0.190 e. The predicted octanol–water partition coefficient (Wildman–Crippen LogP) is 1.26. The topological polar surface area (TPSA) is 67.0 Å². The molecule has 0 aliphatic heterocycles. The van der Waals surface area contributed by atoms with E-state index < -0.39 is 9.84 Å². The second-order valence-corrected chi connectivity index (χ2v) is 5.51. The van der Waals surface area contributed by atoms with Gasteiger partial charge in [-0.25, -0.2) is 8.42 Å². The van der Waals surface area contributed by atoms with Crippen molar-refractivity contribution in [1.29, 1.82) is 0 Å². The maximum absolute atomic E-state index is 11.5. The third kappa shape index (κ3) is 2.23. The number of carbonyl (C=O) groups excluding carboxylic acids is 1. The fourth-order valence-electron chi connectivity index (χ4n) is 1.05. The Morgan fingerprint density at radius 1 is 1.36 bits per heavy atom. The van der Waals surface area contributed by atoms with Crippen LogP contribution in [0.5, 0.6) is 0 Å². The van der Waals surface area contributed by atoms with Gasteiger partial charge in [-0.15, -0.1) is 0 Å². The first-order chi connectivity index (χ1) is 6.32. The molecule has 78 valence electrons. The van der Waals surface area contributed by atoms with Crippen LogP contribution in [0.1, 0.15) is 24.3 Å². The summed E-state index contributed by atoms with van der Waals surface area (Å²) in [5, 5.41) is 0.0847. The average molecular weight is 215 g/mol. The molecule has 0 fully saturated rings. The van der Waals surface area contributed by atoms with E-state index in [0.29, 0.717) is 5.69 Å². The van der Waals surface area contributed by atoms with Gasteiger partial charge in [-0.1, -0.05) is 13.8 Å². The van der Waals surface area contributed by atoms with E-state index in [-0.39, 0.29) is 16.7 Å². The molecule has 0 radical (unpaired) electrons. The summed E-state index contributed by atoms with van der Waals surface area (Å²) in [6, 6.07) is 2.91. The minimum atomic E-state index is -3.25. The standard InChI is InChI=1S/C9H13NO3S/c1-6(2)9(11)7-4-5-8(10-7)14(3,12)13/h4-6,10H,1-3H3. The molecule has 0 amide bonds. The van der Waals surface area contributed by atoms with Crippen LogP contribution in [-0.2, 0) is 9.84 Å². The number of aromatic nitrogens is 1. The Balaban J connectivity index is 3.07. The van der Waals surface area contributed by atoms with Crippen molar-refractivity contribution < 1.29 is 13.2 Å². The van der Waals surface area contributed by atoms with E-state index in [4.69, 9.17) is 0 Å². The third-order valence-corrected chi connectivity index (χ3v) is 2.89. The number of H-pyrrole nitrogens is 1. The molecule has 1 rings (SSSR count). The summed E-state index contributed by atoms with van der Waals surface area (Å²) in [5.74, 6) is -0.221. The summed E-state index contributed by atoms with van der Waals surface area (Å²) in [6.07, 6.45) is 1.10. The highest BCUT2D eigenvalue weighted by molar-refractivity contribution is 7.90. The fraction of sp³-hybridized carbons (Fsp3) is 0.444. The molecule has 4 nitrogen and oxygen atoms in total. The Morgan fingerprint density at radius 2 is 1.93 bits per heavy atom. The minimum absolute atomic E-state index is 0.0834. The second-order valence-electron chi connectivity index (χ2n) is 3.53. The summed E-state index contributed by atoms with van der Waals surface area (Å²) in [4.78, 5) is 14.1. The van der Waals surface area contributed by atoms with Gasteiger partial charge in [-0.3, -0.25) is 4.79 Å². The number of aromatic amines is 1. The van der Waals surface area contributed by atoms with Gasteiger partial charge in [-0.05, 0) is 12.1 Å². The summed E-state index contributed by atoms with van der Waals surface area (Å²) in [6.45, 7) is 3.53. The summed E-state index contributed by atoms with van der Waals surface area (Å²) < 4.78 is 22.2. The van der Waals surface area contributed by atoms with E-state index in [9.17, 15) is 13.2 Å². The number of Topliss-reactive ketones (excluding diaryl/α,β-unsaturated/α-hetero) is 1. The average Bonchev–Trinajstić information content (AvgIpc) is 2.49. The van der Waals surface area contributed by atoms with Gasteiger partial charge in [0.2, 0.25) is 0 Å². The number of carbonyl (C=O) groups is 1. The lowest BCUT2D eigenvalue weighted by Gasteiger charge is -2.00. The predicted molar refractivity (Wildman–Crippen MR) is 53.1 cm³/mol. The number of sulfone groups is 1. The van der Waals surface area contributed by atoms with Crippen LogP contribution in [0, 0.1) is 5.92 Å². The zero-order valence-electron chi connectivity index (χ0n) is 8.37. The second kappa shape index (κ2) is 3.57. The Labute approximate surface area is 83.3 Å². The van der Waals surface area contributed by atoms with Gasteiger partial charge in [0.1, 0.15) is 5.03 Å². The zero-order chi connectivity index (χ0) is 10.9. The monoisotopic (exact) mass is 215 g/mol. The molecule has 1 aromatic rings. The van der Waals surface area contributed by atoms with Crippen molar-refractivity contribution in [2.45, 2.75) is 18.9 Å². The molecular formula is C9H13NO3S. The van der Waals surface area contributed by atoms with E-state index in [1.54, 1.807) is 13.8 Å². The van der Waals surface area contributed by atoms with E-state index in [1.807, 2.05) is 0 Å². The van der Waals surface area contributed by atoms with Gasteiger partial charge < -0.3 is 4.98 Å². The molecule has 0 aromatic carbocycles. The Kier molecular flexibility index (Phi) is 2.80. The first-order valence-corrected chi connectivity index (χ1v) is 6.15. The van der Waals surface area contributed by atoms with Crippen molar-refractivity contribution in [3.8, 4) is 0 Å². The number of hydrogen-bond acceptors (Lipinski definition) is 3. The molecule has 0 spiro atoms. The van der Waals surface area contributed by atoms with Crippen molar-refractivity contribution in [1.82, 2.24) is 4.98 Å². The van der Waals surface area contributed by atoms with E-state index in [1.165, 1.54) is 12.1 Å². The highest BCUT2D eigenvalue weighted by Crippen LogP contribution is 2.11. The van der Waals surface area contributed by atoms with Crippen molar-refractivity contribution in [3.05, 3.63) is 17.8 Å². The lowest BCUT2D eigenvalue weighted by molar-refractivity contribution is 0.0934. The molecule has 0 saturated heterocycles. The van der Waals surface area contributed by atoms with Crippen LogP contribution in [0.3, 0.4) is 0 Å². The van der Waals surface area contributed by atoms with Crippen molar-refractivity contribution in [2.24, 2.45) is 5.92 Å². The molecule has 0 aliphatic rings. The van der Waals surface area contributed by atoms with Crippen LogP contribution in [0.2, 0.25) is 0 Å². The highest BCUT2D eigenvalue weighted by Gasteiger charge is 2.15. The number of rotatable bonds is 3. The van der Waals surface area contributed by atoms with Gasteiger partial charge >= 0.3 is 0 Å². The maximum atomic E-state index is 11.5. The van der Waals surface area contributed by atoms with Crippen LogP contribution < -0.4 is 0 Å². The van der Waals surface area contributed by atoms with Crippen molar-refractivity contribution in [3.63, 3.8) is 0 Å². The lowest BCUT2D eigenvalue weighted by atomic mass is 10.1. The van der Waals surface area contributed by atoms with E-state index in [2.05, 4.69) is 4.98 Å². The fourth-order valence-corrected chi connectivity index (χ4v) is 1.66. The van der Waals surface area contributed by atoms with Gasteiger partial charge in [0.15, 0.2) is 15.6 Å². The van der Waals surface area contributed by atoms with Crippen molar-refractivity contribution >= 4 is 15.6 Å². The molecule has 14 heavy (non-hydrogen) atoms. The Hall–Kier alpha value is -1.10. The molecule has 0 atom stereocenters. The van der Waals surface area contributed by atoms with Gasteiger partial charge in [0, 0.05) is 12.2 Å². The molecule has 0 bridgehead atoms. The quantitative estimate of drug-likeness (QED) is 0.772. The third-order valence-electron chi connectivity index (χ3n) is 1.85. The SMILES string of the molecule is CC(C)C(=O)c1ccc(S(C)(=O)=O)[nH]1. The van der Waals surface area contributed by atoms with E-state index >= 15 is 0 Å². The summed E-state index contributed by atoms with van der Waals surface area (Å²) in [7, 11) is -3.25. The molecular weight excluding hydrogens is 202 g/mol. The number of hydrogen-bond donors (Lipinski definition) is 1. The first kappa shape index (κ1) is 11.0. The minimum Gasteiger partial charge on any atom is -0.343 e. The van der Waals surface area contributed by atoms with Gasteiger partial charge in [0.05, 0.1) is 5.69 Å². The summed E-state index contributed by atoms with van der Waals surface area (Å²) in [5.41, 5.74) is 0.348. The normalized spacial score (nSPS) is 12.0. The number of nitrogens with one attached hydrogen (secondary N) is 1. The first-order valence-electron chi connectivity index (χ1n) is 4.25. The Morgan fingerprint density at radius 3 is 2.29 bits per heavy atom. The Bertz CT molecular complexity index is 442. The van der Waals surface area contributed by atoms with Crippen LogP contribution in [-0.4, -0.2) is 25.4 Å². The lowest BCUT2D eigenvalue weighted by Crippen LogP contribution is -2.08. The molecule has 0 aliphatic carbocycles. The molecule has 1 N–H and O–H groups in total. The molecule has 0 saturated carbocycles. The largest absolute Gasteiger partial charge is 0.343 e. The molecule has 0 unspecified atom stereocenters. The van der Waals surface area contributed by atoms with E-state index in [0.717, 1.165) is 6.26 Å². The van der Waals surface area contributed by atoms with Crippen molar-refractivity contribution in [2.75, 3.05) is 6.26 Å². The van der Waals surface area contributed by atoms with Crippen LogP contribution >= 0.6 is 0 Å². The molecule has 1 heterocycles. The van der Waals surface area contributed by atoms with Crippen LogP contribution in [0.25, 0.3) is 0 Å². The number of ketones is 1. The van der Waals surface area contributed by atoms with Crippen LogP contribution in [0.4, 0.5) is 0 Å². The summed E-state index contributed by atoms with van der Waals surface area (Å²) >= 11 is 0. The molecule has 1 aromatic heterocycles. The van der Waals surface area contributed by atoms with Gasteiger partial charge in [0.25, 0.3) is 0 Å². The van der Waals surface area contributed by atoms with Gasteiger partial charge in [-0.2, -0.15) is 0 Å². The zero-order valence-corrected chi connectivity index (χ0v) is 9.18. The highest BCUT2D eigenvalue weighted by atomic mass is 32.2. The molecule has 5 heteroatoms. The van der Waals surface area contributed by atoms with Crippen LogP contribution in [0.15, 0.2) is 17.2 Å².